The summed E-state index contributed by atoms with van der Waals surface area (Å²) in [4.78, 5) is 0. The average Bonchev–Trinajstić information content (AvgIpc) is 2.47. The number of hydrogen-bond donors (Lipinski definition) is 2. The fourth-order valence-corrected chi connectivity index (χ4v) is 2.85. The van der Waals surface area contributed by atoms with Gasteiger partial charge in [0, 0.05) is 0 Å². The number of aliphatic hydroxyl groups excluding tert-OH is 1. The molecule has 1 aliphatic carbocycles. The van der Waals surface area contributed by atoms with Crippen molar-refractivity contribution >= 4 is 5.69 Å². The highest BCUT2D eigenvalue weighted by molar-refractivity contribution is 5.57. The number of nitrogens with one attached hydrogen (secondary N) is 1. The molecule has 0 heterocycles. The van der Waals surface area contributed by atoms with Gasteiger partial charge in [0.05, 0.1) is 30.9 Å². The van der Waals surface area contributed by atoms with Crippen LogP contribution < -0.4 is 10.1 Å². The van der Waals surface area contributed by atoms with E-state index >= 15 is 0 Å². The first-order valence-electron chi connectivity index (χ1n) is 6.99. The number of aliphatic hydroxyl groups is 1. The maximum absolute atomic E-state index is 12.7. The van der Waals surface area contributed by atoms with Gasteiger partial charge in [0.2, 0.25) is 0 Å². The molecule has 0 amide bonds. The minimum atomic E-state index is -4.15. The Morgan fingerprint density at radius 2 is 1.90 bits per heavy atom. The SMILES string of the molecule is COc1ccccc1NC1(CO)CCC(C(F)(F)F)CC1. The maximum atomic E-state index is 12.7. The third kappa shape index (κ3) is 3.61. The molecule has 2 N–H and O–H groups in total. The highest BCUT2D eigenvalue weighted by Crippen LogP contribution is 2.43. The lowest BCUT2D eigenvalue weighted by molar-refractivity contribution is -0.184. The summed E-state index contributed by atoms with van der Waals surface area (Å²) in [5, 5.41) is 12.9. The summed E-state index contributed by atoms with van der Waals surface area (Å²) in [6, 6.07) is 7.20. The molecule has 1 saturated carbocycles. The monoisotopic (exact) mass is 303 g/mol. The summed E-state index contributed by atoms with van der Waals surface area (Å²) in [5.74, 6) is -0.653. The van der Waals surface area contributed by atoms with Crippen molar-refractivity contribution in [3.63, 3.8) is 0 Å². The smallest absolute Gasteiger partial charge is 0.391 e. The molecule has 0 saturated heterocycles. The summed E-state index contributed by atoms with van der Waals surface area (Å²) in [5.41, 5.74) is -0.0179. The van der Waals surface area contributed by atoms with Gasteiger partial charge in [0.1, 0.15) is 5.75 Å². The lowest BCUT2D eigenvalue weighted by Crippen LogP contribution is -2.47. The zero-order chi connectivity index (χ0) is 15.5. The zero-order valence-electron chi connectivity index (χ0n) is 11.9. The van der Waals surface area contributed by atoms with E-state index in [1.54, 1.807) is 12.1 Å². The van der Waals surface area contributed by atoms with E-state index in [0.29, 0.717) is 11.4 Å². The molecule has 3 nitrogen and oxygen atoms in total. The molecule has 21 heavy (non-hydrogen) atoms. The maximum Gasteiger partial charge on any atom is 0.391 e. The van der Waals surface area contributed by atoms with E-state index in [1.807, 2.05) is 12.1 Å². The molecular formula is C15H20F3NO2. The lowest BCUT2D eigenvalue weighted by Gasteiger charge is -2.41. The van der Waals surface area contributed by atoms with Gasteiger partial charge in [-0.2, -0.15) is 13.2 Å². The van der Waals surface area contributed by atoms with Gasteiger partial charge in [0.15, 0.2) is 0 Å². The number of benzene rings is 1. The van der Waals surface area contributed by atoms with Crippen LogP contribution in [0.25, 0.3) is 0 Å². The molecule has 2 rings (SSSR count). The van der Waals surface area contributed by atoms with Gasteiger partial charge in [-0.3, -0.25) is 0 Å². The van der Waals surface area contributed by atoms with Crippen LogP contribution in [-0.2, 0) is 0 Å². The quantitative estimate of drug-likeness (QED) is 0.893. The zero-order valence-corrected chi connectivity index (χ0v) is 11.9. The predicted octanol–water partition coefficient (Wildman–Crippen LogP) is 3.59. The van der Waals surface area contributed by atoms with Crippen molar-refractivity contribution in [3.8, 4) is 5.75 Å². The molecule has 1 aromatic carbocycles. The van der Waals surface area contributed by atoms with E-state index < -0.39 is 17.6 Å². The van der Waals surface area contributed by atoms with Crippen LogP contribution in [0.3, 0.4) is 0 Å². The number of methoxy groups -OCH3 is 1. The molecule has 118 valence electrons. The number of ether oxygens (including phenoxy) is 1. The normalized spacial score (nSPS) is 26.4. The van der Waals surface area contributed by atoms with Gasteiger partial charge in [-0.05, 0) is 37.8 Å². The minimum absolute atomic E-state index is 0.0339. The number of hydrogen-bond acceptors (Lipinski definition) is 3. The number of alkyl halides is 3. The standard InChI is InChI=1S/C15H20F3NO2/c1-21-13-5-3-2-4-12(13)19-14(10-20)8-6-11(7-9-14)15(16,17)18/h2-5,11,19-20H,6-10H2,1H3. The van der Waals surface area contributed by atoms with Gasteiger partial charge in [-0.1, -0.05) is 12.1 Å². The summed E-state index contributed by atoms with van der Waals surface area (Å²) in [6.07, 6.45) is -3.51. The number of anilines is 1. The Bertz CT molecular complexity index is 468. The van der Waals surface area contributed by atoms with Crippen LogP contribution in [0.5, 0.6) is 5.75 Å². The average molecular weight is 303 g/mol. The Balaban J connectivity index is 2.10. The van der Waals surface area contributed by atoms with Gasteiger partial charge >= 0.3 is 6.18 Å². The summed E-state index contributed by atoms with van der Waals surface area (Å²) < 4.78 is 43.4. The van der Waals surface area contributed by atoms with Gasteiger partial charge in [0.25, 0.3) is 0 Å². The second kappa shape index (κ2) is 6.13. The predicted molar refractivity (Wildman–Crippen MR) is 74.4 cm³/mol. The Kier molecular flexibility index (Phi) is 4.66. The molecule has 0 atom stereocenters. The molecule has 0 radical (unpaired) electrons. The number of halogens is 3. The second-order valence-electron chi connectivity index (χ2n) is 5.58. The molecule has 1 aliphatic rings. The lowest BCUT2D eigenvalue weighted by atomic mass is 9.76. The number of para-hydroxylation sites is 2. The van der Waals surface area contributed by atoms with E-state index in [1.165, 1.54) is 7.11 Å². The van der Waals surface area contributed by atoms with Crippen LogP contribution >= 0.6 is 0 Å². The minimum Gasteiger partial charge on any atom is -0.495 e. The molecule has 0 aliphatic heterocycles. The van der Waals surface area contributed by atoms with Crippen molar-refractivity contribution in [1.82, 2.24) is 0 Å². The van der Waals surface area contributed by atoms with Gasteiger partial charge < -0.3 is 15.2 Å². The Hall–Kier alpha value is -1.43. The molecular weight excluding hydrogens is 283 g/mol. The number of rotatable bonds is 4. The highest BCUT2D eigenvalue weighted by atomic mass is 19.4. The van der Waals surface area contributed by atoms with E-state index in [4.69, 9.17) is 4.74 Å². The van der Waals surface area contributed by atoms with Crippen LogP contribution in [0.4, 0.5) is 18.9 Å². The first kappa shape index (κ1) is 15.9. The van der Waals surface area contributed by atoms with Crippen LogP contribution in [0, 0.1) is 5.92 Å². The summed E-state index contributed by atoms with van der Waals surface area (Å²) in [7, 11) is 1.53. The molecule has 0 unspecified atom stereocenters. The first-order valence-corrected chi connectivity index (χ1v) is 6.99. The van der Waals surface area contributed by atoms with Crippen LogP contribution in [-0.4, -0.2) is 30.5 Å². The second-order valence-corrected chi connectivity index (χ2v) is 5.58. The molecule has 6 heteroatoms. The summed E-state index contributed by atoms with van der Waals surface area (Å²) in [6.45, 7) is -0.199. The first-order chi connectivity index (χ1) is 9.90. The Morgan fingerprint density at radius 1 is 1.29 bits per heavy atom. The van der Waals surface area contributed by atoms with E-state index in [2.05, 4.69) is 5.32 Å². The fraction of sp³-hybridized carbons (Fsp3) is 0.600. The molecule has 0 bridgehead atoms. The van der Waals surface area contributed by atoms with E-state index in [9.17, 15) is 18.3 Å². The van der Waals surface area contributed by atoms with Crippen molar-refractivity contribution in [2.45, 2.75) is 37.4 Å². The van der Waals surface area contributed by atoms with E-state index in [-0.39, 0.29) is 32.3 Å². The molecule has 0 aromatic heterocycles. The highest BCUT2D eigenvalue weighted by Gasteiger charge is 2.45. The van der Waals surface area contributed by atoms with Crippen LogP contribution in [0.15, 0.2) is 24.3 Å². The van der Waals surface area contributed by atoms with E-state index in [0.717, 1.165) is 0 Å². The van der Waals surface area contributed by atoms with Crippen molar-refractivity contribution in [2.75, 3.05) is 19.0 Å². The van der Waals surface area contributed by atoms with Crippen molar-refractivity contribution in [1.29, 1.82) is 0 Å². The van der Waals surface area contributed by atoms with Gasteiger partial charge in [-0.15, -0.1) is 0 Å². The van der Waals surface area contributed by atoms with Crippen molar-refractivity contribution in [2.24, 2.45) is 5.92 Å². The van der Waals surface area contributed by atoms with Gasteiger partial charge in [-0.25, -0.2) is 0 Å². The van der Waals surface area contributed by atoms with Crippen molar-refractivity contribution < 1.29 is 23.0 Å². The summed E-state index contributed by atoms with van der Waals surface area (Å²) >= 11 is 0. The Morgan fingerprint density at radius 3 is 2.43 bits per heavy atom. The topological polar surface area (TPSA) is 41.5 Å². The largest absolute Gasteiger partial charge is 0.495 e. The van der Waals surface area contributed by atoms with Crippen LogP contribution in [0.1, 0.15) is 25.7 Å². The molecule has 1 fully saturated rings. The van der Waals surface area contributed by atoms with Crippen LogP contribution in [0.2, 0.25) is 0 Å². The van der Waals surface area contributed by atoms with Crippen molar-refractivity contribution in [3.05, 3.63) is 24.3 Å². The fourth-order valence-electron chi connectivity index (χ4n) is 2.85. The Labute approximate surface area is 122 Å². The third-order valence-corrected chi connectivity index (χ3v) is 4.22. The molecule has 0 spiro atoms. The third-order valence-electron chi connectivity index (χ3n) is 4.22. The molecule has 1 aromatic rings.